The summed E-state index contributed by atoms with van der Waals surface area (Å²) in [7, 11) is 0. The van der Waals surface area contributed by atoms with Gasteiger partial charge < -0.3 is 10.2 Å². The lowest BCUT2D eigenvalue weighted by Gasteiger charge is -2.27. The quantitative estimate of drug-likeness (QED) is 0.921. The van der Waals surface area contributed by atoms with Crippen LogP contribution in [0.4, 0.5) is 0 Å². The van der Waals surface area contributed by atoms with Gasteiger partial charge in [-0.3, -0.25) is 19.3 Å². The number of nitrogens with one attached hydrogen (secondary N) is 1. The van der Waals surface area contributed by atoms with Crippen molar-refractivity contribution >= 4 is 11.8 Å². The molecule has 0 bridgehead atoms. The van der Waals surface area contributed by atoms with E-state index in [1.54, 1.807) is 35.5 Å². The molecule has 0 spiro atoms. The molecule has 3 heterocycles. The molecule has 1 aliphatic heterocycles. The van der Waals surface area contributed by atoms with Gasteiger partial charge in [-0.25, -0.2) is 0 Å². The minimum Gasteiger partial charge on any atom is -0.348 e. The van der Waals surface area contributed by atoms with Crippen LogP contribution in [0.25, 0.3) is 0 Å². The van der Waals surface area contributed by atoms with Gasteiger partial charge in [0.05, 0.1) is 24.3 Å². The summed E-state index contributed by atoms with van der Waals surface area (Å²) in [6.45, 7) is 1.63. The molecular weight excluding hydrogens is 318 g/mol. The van der Waals surface area contributed by atoms with Gasteiger partial charge in [0.2, 0.25) is 0 Å². The maximum absolute atomic E-state index is 12.6. The van der Waals surface area contributed by atoms with E-state index in [1.165, 1.54) is 12.8 Å². The number of carbonyl (C=O) groups is 2. The molecule has 2 aliphatic rings. The lowest BCUT2D eigenvalue weighted by molar-refractivity contribution is 0.0705. The predicted molar refractivity (Wildman–Crippen MR) is 90.9 cm³/mol. The Balaban J connectivity index is 1.45. The highest BCUT2D eigenvalue weighted by Gasteiger charge is 2.26. The Labute approximate surface area is 146 Å². The standard InChI is InChI=1S/C18H21N5O2/c24-17(20-14-5-1-2-6-14)16-10-15-12-22(8-9-23(15)21-16)18(25)13-4-3-7-19-11-13/h3-4,7,10-11,14H,1-2,5-6,8-9,12H2,(H,20,24). The third-order valence-electron chi connectivity index (χ3n) is 4.92. The van der Waals surface area contributed by atoms with Gasteiger partial charge >= 0.3 is 0 Å². The Morgan fingerprint density at radius 2 is 2.04 bits per heavy atom. The SMILES string of the molecule is O=C(NC1CCCC1)c1cc2n(n1)CCN(C(=O)c1cccnc1)C2. The zero-order valence-corrected chi connectivity index (χ0v) is 14.0. The van der Waals surface area contributed by atoms with Gasteiger partial charge in [0.25, 0.3) is 11.8 Å². The molecule has 1 fully saturated rings. The molecule has 0 aromatic carbocycles. The van der Waals surface area contributed by atoms with Crippen molar-refractivity contribution in [2.75, 3.05) is 6.54 Å². The van der Waals surface area contributed by atoms with Crippen LogP contribution in [0.3, 0.4) is 0 Å². The van der Waals surface area contributed by atoms with Crippen LogP contribution in [0.5, 0.6) is 0 Å². The summed E-state index contributed by atoms with van der Waals surface area (Å²) in [6.07, 6.45) is 7.68. The molecule has 7 nitrogen and oxygen atoms in total. The van der Waals surface area contributed by atoms with E-state index in [9.17, 15) is 9.59 Å². The number of amides is 2. The number of aromatic nitrogens is 3. The molecule has 0 atom stereocenters. The lowest BCUT2D eigenvalue weighted by Crippen LogP contribution is -2.38. The predicted octanol–water partition coefficient (Wildman–Crippen LogP) is 1.61. The van der Waals surface area contributed by atoms with Gasteiger partial charge in [0.1, 0.15) is 0 Å². The summed E-state index contributed by atoms with van der Waals surface area (Å²) in [5, 5.41) is 7.47. The molecular formula is C18H21N5O2. The van der Waals surface area contributed by atoms with E-state index in [0.29, 0.717) is 30.9 Å². The number of pyridine rings is 1. The molecule has 1 N–H and O–H groups in total. The van der Waals surface area contributed by atoms with Gasteiger partial charge in [0.15, 0.2) is 5.69 Å². The van der Waals surface area contributed by atoms with Crippen molar-refractivity contribution in [3.8, 4) is 0 Å². The number of hydrogen-bond acceptors (Lipinski definition) is 4. The van der Waals surface area contributed by atoms with Crippen molar-refractivity contribution in [3.63, 3.8) is 0 Å². The van der Waals surface area contributed by atoms with E-state index in [2.05, 4.69) is 15.4 Å². The fourth-order valence-corrected chi connectivity index (χ4v) is 3.55. The van der Waals surface area contributed by atoms with Gasteiger partial charge in [-0.15, -0.1) is 0 Å². The van der Waals surface area contributed by atoms with Crippen molar-refractivity contribution in [2.24, 2.45) is 0 Å². The highest BCUT2D eigenvalue weighted by atomic mass is 16.2. The highest BCUT2D eigenvalue weighted by molar-refractivity contribution is 5.94. The van der Waals surface area contributed by atoms with Crippen molar-refractivity contribution in [2.45, 2.75) is 44.8 Å². The molecule has 0 unspecified atom stereocenters. The monoisotopic (exact) mass is 339 g/mol. The van der Waals surface area contributed by atoms with Gasteiger partial charge in [-0.2, -0.15) is 5.10 Å². The summed E-state index contributed by atoms with van der Waals surface area (Å²) in [5.41, 5.74) is 1.91. The molecule has 0 saturated heterocycles. The fourth-order valence-electron chi connectivity index (χ4n) is 3.55. The lowest BCUT2D eigenvalue weighted by atomic mass is 10.2. The Morgan fingerprint density at radius 3 is 2.80 bits per heavy atom. The summed E-state index contributed by atoms with van der Waals surface area (Å²) in [6, 6.07) is 5.59. The van der Waals surface area contributed by atoms with Crippen LogP contribution in [0.2, 0.25) is 0 Å². The summed E-state index contributed by atoms with van der Waals surface area (Å²) in [4.78, 5) is 30.7. The summed E-state index contributed by atoms with van der Waals surface area (Å²) < 4.78 is 1.83. The normalized spacial score (nSPS) is 17.4. The molecule has 1 saturated carbocycles. The van der Waals surface area contributed by atoms with Crippen LogP contribution >= 0.6 is 0 Å². The highest BCUT2D eigenvalue weighted by Crippen LogP contribution is 2.19. The molecule has 1 aliphatic carbocycles. The largest absolute Gasteiger partial charge is 0.348 e. The molecule has 2 amide bonds. The van der Waals surface area contributed by atoms with Crippen molar-refractivity contribution in [3.05, 3.63) is 47.5 Å². The first kappa shape index (κ1) is 15.8. The summed E-state index contributed by atoms with van der Waals surface area (Å²) >= 11 is 0. The topological polar surface area (TPSA) is 80.1 Å². The van der Waals surface area contributed by atoms with Crippen molar-refractivity contribution < 1.29 is 9.59 Å². The number of nitrogens with zero attached hydrogens (tertiary/aromatic N) is 4. The Morgan fingerprint density at radius 1 is 1.20 bits per heavy atom. The summed E-state index contributed by atoms with van der Waals surface area (Å²) in [5.74, 6) is -0.156. The van der Waals surface area contributed by atoms with Crippen LogP contribution in [0.15, 0.2) is 30.6 Å². The first-order chi connectivity index (χ1) is 12.2. The van der Waals surface area contributed by atoms with Crippen molar-refractivity contribution in [1.29, 1.82) is 0 Å². The maximum atomic E-state index is 12.6. The van der Waals surface area contributed by atoms with E-state index in [4.69, 9.17) is 0 Å². The third kappa shape index (κ3) is 3.26. The number of fused-ring (bicyclic) bond motifs is 1. The minimum atomic E-state index is -0.112. The van der Waals surface area contributed by atoms with E-state index in [0.717, 1.165) is 18.5 Å². The number of carbonyl (C=O) groups excluding carboxylic acids is 2. The van der Waals surface area contributed by atoms with E-state index in [1.807, 2.05) is 4.68 Å². The Bertz CT molecular complexity index is 780. The van der Waals surface area contributed by atoms with E-state index >= 15 is 0 Å². The molecule has 130 valence electrons. The second-order valence-electron chi connectivity index (χ2n) is 6.67. The second-order valence-corrected chi connectivity index (χ2v) is 6.67. The average Bonchev–Trinajstić information content (AvgIpc) is 3.30. The van der Waals surface area contributed by atoms with Gasteiger partial charge in [-0.1, -0.05) is 12.8 Å². The second kappa shape index (κ2) is 6.66. The molecule has 0 radical (unpaired) electrons. The van der Waals surface area contributed by atoms with Gasteiger partial charge in [0, 0.05) is 25.0 Å². The fraction of sp³-hybridized carbons (Fsp3) is 0.444. The minimum absolute atomic E-state index is 0.0440. The first-order valence-electron chi connectivity index (χ1n) is 8.77. The maximum Gasteiger partial charge on any atom is 0.272 e. The average molecular weight is 339 g/mol. The van der Waals surface area contributed by atoms with Crippen LogP contribution in [-0.4, -0.2) is 44.1 Å². The van der Waals surface area contributed by atoms with Crippen LogP contribution < -0.4 is 5.32 Å². The smallest absolute Gasteiger partial charge is 0.272 e. The Hall–Kier alpha value is -2.70. The first-order valence-corrected chi connectivity index (χ1v) is 8.77. The van der Waals surface area contributed by atoms with Crippen molar-refractivity contribution in [1.82, 2.24) is 25.0 Å². The van der Waals surface area contributed by atoms with E-state index < -0.39 is 0 Å². The van der Waals surface area contributed by atoms with Crippen LogP contribution in [0, 0.1) is 0 Å². The molecule has 25 heavy (non-hydrogen) atoms. The van der Waals surface area contributed by atoms with Gasteiger partial charge in [-0.05, 0) is 31.0 Å². The number of hydrogen-bond donors (Lipinski definition) is 1. The van der Waals surface area contributed by atoms with Crippen LogP contribution in [0.1, 0.15) is 52.2 Å². The molecule has 7 heteroatoms. The molecule has 2 aromatic heterocycles. The zero-order valence-electron chi connectivity index (χ0n) is 14.0. The van der Waals surface area contributed by atoms with E-state index in [-0.39, 0.29) is 17.9 Å². The molecule has 2 aromatic rings. The Kier molecular flexibility index (Phi) is 4.21. The number of rotatable bonds is 3. The zero-order chi connectivity index (χ0) is 17.2. The third-order valence-corrected chi connectivity index (χ3v) is 4.92. The van der Waals surface area contributed by atoms with Crippen LogP contribution in [-0.2, 0) is 13.1 Å². The molecule has 4 rings (SSSR count).